The van der Waals surface area contributed by atoms with E-state index in [1.54, 1.807) is 12.1 Å². The molecule has 0 bridgehead atoms. The fourth-order valence-electron chi connectivity index (χ4n) is 2.84. The minimum absolute atomic E-state index is 0.284. The van der Waals surface area contributed by atoms with Gasteiger partial charge in [0.1, 0.15) is 24.8 Å². The van der Waals surface area contributed by atoms with E-state index >= 15 is 0 Å². The SMILES string of the molecule is CCOc1cc(CNCc2ccccc2)ccc1OCCOc1ccc(F)cc1. The first-order valence-electron chi connectivity index (χ1n) is 9.76. The van der Waals surface area contributed by atoms with Gasteiger partial charge in [0.05, 0.1) is 6.61 Å². The van der Waals surface area contributed by atoms with Gasteiger partial charge in [0.25, 0.3) is 0 Å². The van der Waals surface area contributed by atoms with Gasteiger partial charge >= 0.3 is 0 Å². The second-order valence-electron chi connectivity index (χ2n) is 6.45. The lowest BCUT2D eigenvalue weighted by Crippen LogP contribution is -2.13. The fourth-order valence-corrected chi connectivity index (χ4v) is 2.84. The summed E-state index contributed by atoms with van der Waals surface area (Å²) in [4.78, 5) is 0. The van der Waals surface area contributed by atoms with Crippen LogP contribution in [-0.2, 0) is 13.1 Å². The molecule has 0 aliphatic carbocycles. The van der Waals surface area contributed by atoms with Crippen molar-refractivity contribution < 1.29 is 18.6 Å². The minimum Gasteiger partial charge on any atom is -0.490 e. The second kappa shape index (κ2) is 11.1. The van der Waals surface area contributed by atoms with Crippen molar-refractivity contribution in [1.82, 2.24) is 5.32 Å². The van der Waals surface area contributed by atoms with Crippen molar-refractivity contribution in [3.8, 4) is 17.2 Å². The van der Waals surface area contributed by atoms with Crippen LogP contribution in [0.15, 0.2) is 72.8 Å². The van der Waals surface area contributed by atoms with Gasteiger partial charge in [0.2, 0.25) is 0 Å². The van der Waals surface area contributed by atoms with E-state index in [-0.39, 0.29) is 5.82 Å². The molecule has 0 amide bonds. The smallest absolute Gasteiger partial charge is 0.161 e. The summed E-state index contributed by atoms with van der Waals surface area (Å²) < 4.78 is 30.0. The first-order valence-corrected chi connectivity index (χ1v) is 9.76. The quantitative estimate of drug-likeness (QED) is 0.465. The second-order valence-corrected chi connectivity index (χ2v) is 6.45. The van der Waals surface area contributed by atoms with E-state index in [0.29, 0.717) is 37.1 Å². The van der Waals surface area contributed by atoms with E-state index in [1.165, 1.54) is 17.7 Å². The number of hydrogen-bond donors (Lipinski definition) is 1. The number of halogens is 1. The monoisotopic (exact) mass is 395 g/mol. The molecular formula is C24H26FNO3. The summed E-state index contributed by atoms with van der Waals surface area (Å²) in [5.74, 6) is 1.72. The Kier molecular flexibility index (Phi) is 7.90. The summed E-state index contributed by atoms with van der Waals surface area (Å²) in [5.41, 5.74) is 2.37. The zero-order chi connectivity index (χ0) is 20.3. The van der Waals surface area contributed by atoms with Crippen LogP contribution in [0.4, 0.5) is 4.39 Å². The van der Waals surface area contributed by atoms with Gasteiger partial charge in [-0.2, -0.15) is 0 Å². The summed E-state index contributed by atoms with van der Waals surface area (Å²) in [6.45, 7) is 4.78. The molecule has 3 aromatic rings. The average molecular weight is 395 g/mol. The first kappa shape index (κ1) is 20.7. The van der Waals surface area contributed by atoms with Crippen molar-refractivity contribution in [2.24, 2.45) is 0 Å². The lowest BCUT2D eigenvalue weighted by atomic mass is 10.2. The van der Waals surface area contributed by atoms with Crippen LogP contribution >= 0.6 is 0 Å². The van der Waals surface area contributed by atoms with Gasteiger partial charge in [0, 0.05) is 13.1 Å². The highest BCUT2D eigenvalue weighted by atomic mass is 19.1. The molecule has 0 aliphatic heterocycles. The van der Waals surface area contributed by atoms with Crippen LogP contribution in [0.5, 0.6) is 17.2 Å². The molecule has 3 aromatic carbocycles. The molecule has 0 radical (unpaired) electrons. The highest BCUT2D eigenvalue weighted by Gasteiger charge is 2.07. The van der Waals surface area contributed by atoms with Crippen LogP contribution in [0.2, 0.25) is 0 Å². The molecule has 0 aromatic heterocycles. The predicted octanol–water partition coefficient (Wildman–Crippen LogP) is 4.97. The van der Waals surface area contributed by atoms with Crippen LogP contribution in [0.1, 0.15) is 18.1 Å². The Hall–Kier alpha value is -3.05. The zero-order valence-corrected chi connectivity index (χ0v) is 16.6. The Morgan fingerprint density at radius 1 is 0.724 bits per heavy atom. The van der Waals surface area contributed by atoms with Crippen LogP contribution in [0.3, 0.4) is 0 Å². The topological polar surface area (TPSA) is 39.7 Å². The maximum Gasteiger partial charge on any atom is 0.161 e. The number of nitrogens with one attached hydrogen (secondary N) is 1. The summed E-state index contributed by atoms with van der Waals surface area (Å²) in [6.07, 6.45) is 0. The minimum atomic E-state index is -0.284. The van der Waals surface area contributed by atoms with Gasteiger partial charge in [-0.1, -0.05) is 36.4 Å². The molecule has 4 nitrogen and oxygen atoms in total. The molecule has 0 saturated carbocycles. The van der Waals surface area contributed by atoms with Crippen molar-refractivity contribution in [2.45, 2.75) is 20.0 Å². The predicted molar refractivity (Wildman–Crippen MR) is 112 cm³/mol. The number of ether oxygens (including phenoxy) is 3. The lowest BCUT2D eigenvalue weighted by molar-refractivity contribution is 0.208. The third kappa shape index (κ3) is 6.80. The molecule has 0 atom stereocenters. The molecule has 5 heteroatoms. The van der Waals surface area contributed by atoms with E-state index in [4.69, 9.17) is 14.2 Å². The largest absolute Gasteiger partial charge is 0.490 e. The zero-order valence-electron chi connectivity index (χ0n) is 16.6. The summed E-state index contributed by atoms with van der Waals surface area (Å²) in [5, 5.41) is 3.44. The van der Waals surface area contributed by atoms with Gasteiger partial charge < -0.3 is 19.5 Å². The molecule has 0 saturated heterocycles. The van der Waals surface area contributed by atoms with E-state index in [2.05, 4.69) is 17.4 Å². The molecule has 1 N–H and O–H groups in total. The Balaban J connectivity index is 1.49. The molecule has 0 spiro atoms. The van der Waals surface area contributed by atoms with E-state index in [0.717, 1.165) is 18.7 Å². The van der Waals surface area contributed by atoms with E-state index in [9.17, 15) is 4.39 Å². The average Bonchev–Trinajstić information content (AvgIpc) is 2.75. The Bertz CT molecular complexity index is 869. The Morgan fingerprint density at radius 3 is 2.21 bits per heavy atom. The van der Waals surface area contributed by atoms with Crippen LogP contribution in [0.25, 0.3) is 0 Å². The third-order valence-corrected chi connectivity index (χ3v) is 4.23. The van der Waals surface area contributed by atoms with Gasteiger partial charge in [-0.25, -0.2) is 4.39 Å². The molecule has 29 heavy (non-hydrogen) atoms. The van der Waals surface area contributed by atoms with Crippen molar-refractivity contribution in [1.29, 1.82) is 0 Å². The van der Waals surface area contributed by atoms with Gasteiger partial charge in [0.15, 0.2) is 11.5 Å². The molecule has 3 rings (SSSR count). The summed E-state index contributed by atoms with van der Waals surface area (Å²) in [6, 6.07) is 22.2. The van der Waals surface area contributed by atoms with Crippen LogP contribution in [-0.4, -0.2) is 19.8 Å². The third-order valence-electron chi connectivity index (χ3n) is 4.23. The standard InChI is InChI=1S/C24H26FNO3/c1-2-27-24-16-20(18-26-17-19-6-4-3-5-7-19)8-13-23(24)29-15-14-28-22-11-9-21(25)10-12-22/h3-13,16,26H,2,14-15,17-18H2,1H3. The normalized spacial score (nSPS) is 10.6. The maximum atomic E-state index is 12.9. The van der Waals surface area contributed by atoms with Gasteiger partial charge in [-0.15, -0.1) is 0 Å². The molecule has 0 aliphatic rings. The molecular weight excluding hydrogens is 369 g/mol. The Labute approximate surface area is 171 Å². The van der Waals surface area contributed by atoms with Crippen LogP contribution < -0.4 is 19.5 Å². The highest BCUT2D eigenvalue weighted by Crippen LogP contribution is 2.28. The highest BCUT2D eigenvalue weighted by molar-refractivity contribution is 5.43. The Morgan fingerprint density at radius 2 is 1.45 bits per heavy atom. The van der Waals surface area contributed by atoms with Gasteiger partial charge in [-0.05, 0) is 54.4 Å². The fraction of sp³-hybridized carbons (Fsp3) is 0.250. The first-order chi connectivity index (χ1) is 14.2. The number of benzene rings is 3. The molecule has 0 unspecified atom stereocenters. The van der Waals surface area contributed by atoms with E-state index in [1.807, 2.05) is 43.3 Å². The molecule has 152 valence electrons. The molecule has 0 heterocycles. The van der Waals surface area contributed by atoms with E-state index < -0.39 is 0 Å². The van der Waals surface area contributed by atoms with Gasteiger partial charge in [-0.3, -0.25) is 0 Å². The summed E-state index contributed by atoms with van der Waals surface area (Å²) in [7, 11) is 0. The lowest BCUT2D eigenvalue weighted by Gasteiger charge is -2.14. The van der Waals surface area contributed by atoms with Crippen molar-refractivity contribution in [3.63, 3.8) is 0 Å². The van der Waals surface area contributed by atoms with Crippen molar-refractivity contribution in [2.75, 3.05) is 19.8 Å². The number of hydrogen-bond acceptors (Lipinski definition) is 4. The maximum absolute atomic E-state index is 12.9. The van der Waals surface area contributed by atoms with Crippen molar-refractivity contribution in [3.05, 3.63) is 89.7 Å². The number of rotatable bonds is 11. The van der Waals surface area contributed by atoms with Crippen LogP contribution in [0, 0.1) is 5.82 Å². The molecule has 0 fully saturated rings. The summed E-state index contributed by atoms with van der Waals surface area (Å²) >= 11 is 0. The van der Waals surface area contributed by atoms with Crippen molar-refractivity contribution >= 4 is 0 Å².